The number of likely N-dealkylation sites (N-methyl/N-ethyl adjacent to an activating group) is 1. The molecule has 0 aromatic heterocycles. The minimum Gasteiger partial charge on any atom is -0.497 e. The maximum absolute atomic E-state index is 12.4. The van der Waals surface area contributed by atoms with Crippen LogP contribution in [0.2, 0.25) is 0 Å². The molecule has 5 heteroatoms. The summed E-state index contributed by atoms with van der Waals surface area (Å²) in [7, 11) is 7.23. The number of carbonyl (C=O) groups is 1. The average Bonchev–Trinajstić information content (AvgIpc) is 2.59. The van der Waals surface area contributed by atoms with Crippen molar-refractivity contribution in [2.45, 2.75) is 18.9 Å². The molecule has 1 amide bonds. The van der Waals surface area contributed by atoms with E-state index in [2.05, 4.69) is 11.9 Å². The van der Waals surface area contributed by atoms with Crippen molar-refractivity contribution in [1.82, 2.24) is 9.80 Å². The van der Waals surface area contributed by atoms with Crippen LogP contribution in [-0.2, 0) is 4.79 Å². The molecule has 1 aromatic carbocycles. The van der Waals surface area contributed by atoms with Crippen LogP contribution < -0.4 is 9.47 Å². The van der Waals surface area contributed by atoms with Gasteiger partial charge in [-0.25, -0.2) is 0 Å². The zero-order chi connectivity index (χ0) is 16.8. The Morgan fingerprint density at radius 1 is 1.17 bits per heavy atom. The van der Waals surface area contributed by atoms with Crippen molar-refractivity contribution >= 4 is 12.0 Å². The number of amides is 1. The van der Waals surface area contributed by atoms with Crippen molar-refractivity contribution in [1.29, 1.82) is 0 Å². The van der Waals surface area contributed by atoms with Crippen molar-refractivity contribution in [3.8, 4) is 11.5 Å². The number of nitrogens with zero attached hydrogens (tertiary/aromatic N) is 2. The highest BCUT2D eigenvalue weighted by atomic mass is 16.5. The van der Waals surface area contributed by atoms with Gasteiger partial charge in [-0.1, -0.05) is 0 Å². The molecule has 1 fully saturated rings. The lowest BCUT2D eigenvalue weighted by molar-refractivity contribution is -0.127. The summed E-state index contributed by atoms with van der Waals surface area (Å²) in [6, 6.07) is 5.89. The molecular formula is C18H26N2O3. The molecule has 23 heavy (non-hydrogen) atoms. The minimum atomic E-state index is 0.0290. The number of methoxy groups -OCH3 is 2. The number of carbonyl (C=O) groups excluding carboxylic acids is 1. The van der Waals surface area contributed by atoms with Gasteiger partial charge in [0.1, 0.15) is 11.5 Å². The summed E-state index contributed by atoms with van der Waals surface area (Å²) in [4.78, 5) is 16.5. The lowest BCUT2D eigenvalue weighted by Crippen LogP contribution is -2.43. The lowest BCUT2D eigenvalue weighted by Gasteiger charge is -2.34. The van der Waals surface area contributed by atoms with Crippen molar-refractivity contribution in [3.63, 3.8) is 0 Å². The molecule has 1 aliphatic heterocycles. The zero-order valence-electron chi connectivity index (χ0n) is 14.4. The maximum atomic E-state index is 12.4. The third-order valence-electron chi connectivity index (χ3n) is 4.38. The molecule has 0 bridgehead atoms. The van der Waals surface area contributed by atoms with Gasteiger partial charge in [-0.2, -0.15) is 0 Å². The van der Waals surface area contributed by atoms with E-state index in [0.29, 0.717) is 17.5 Å². The Balaban J connectivity index is 2.02. The number of rotatable bonds is 5. The number of hydrogen-bond acceptors (Lipinski definition) is 4. The summed E-state index contributed by atoms with van der Waals surface area (Å²) in [5.74, 6) is 1.45. The number of likely N-dealkylation sites (tertiary alicyclic amines) is 1. The Morgan fingerprint density at radius 3 is 2.26 bits per heavy atom. The standard InChI is InChI=1S/C18H26N2O3/c1-19-9-7-15(8-10-19)20(2)18(21)6-5-14-11-16(22-3)13-17(12-14)23-4/h5-6,11-13,15H,7-10H2,1-4H3. The summed E-state index contributed by atoms with van der Waals surface area (Å²) >= 11 is 0. The van der Waals surface area contributed by atoms with Crippen LogP contribution in [-0.4, -0.2) is 63.2 Å². The summed E-state index contributed by atoms with van der Waals surface area (Å²) in [5, 5.41) is 0. The smallest absolute Gasteiger partial charge is 0.246 e. The predicted molar refractivity (Wildman–Crippen MR) is 91.9 cm³/mol. The quantitative estimate of drug-likeness (QED) is 0.781. The molecule has 126 valence electrons. The van der Waals surface area contributed by atoms with E-state index in [4.69, 9.17) is 9.47 Å². The number of piperidine rings is 1. The van der Waals surface area contributed by atoms with Gasteiger partial charge in [-0.3, -0.25) is 4.79 Å². The van der Waals surface area contributed by atoms with Gasteiger partial charge in [0.25, 0.3) is 0 Å². The lowest BCUT2D eigenvalue weighted by atomic mass is 10.0. The van der Waals surface area contributed by atoms with E-state index in [0.717, 1.165) is 31.5 Å². The molecule has 0 N–H and O–H groups in total. The van der Waals surface area contributed by atoms with Crippen molar-refractivity contribution in [3.05, 3.63) is 29.8 Å². The summed E-state index contributed by atoms with van der Waals surface area (Å²) < 4.78 is 10.5. The van der Waals surface area contributed by atoms with Gasteiger partial charge in [0.15, 0.2) is 0 Å². The van der Waals surface area contributed by atoms with Gasteiger partial charge < -0.3 is 19.3 Å². The second-order valence-electron chi connectivity index (χ2n) is 5.96. The van der Waals surface area contributed by atoms with Crippen LogP contribution in [0.5, 0.6) is 11.5 Å². The molecule has 0 saturated carbocycles. The molecule has 0 spiro atoms. The van der Waals surface area contributed by atoms with E-state index in [1.54, 1.807) is 26.4 Å². The number of hydrogen-bond donors (Lipinski definition) is 0. The van der Waals surface area contributed by atoms with Crippen LogP contribution in [0.1, 0.15) is 18.4 Å². The first-order valence-corrected chi connectivity index (χ1v) is 7.90. The number of benzene rings is 1. The minimum absolute atomic E-state index is 0.0290. The molecule has 1 aliphatic rings. The van der Waals surface area contributed by atoms with E-state index >= 15 is 0 Å². The Labute approximate surface area is 138 Å². The fourth-order valence-electron chi connectivity index (χ4n) is 2.77. The van der Waals surface area contributed by atoms with Gasteiger partial charge in [-0.15, -0.1) is 0 Å². The molecule has 5 nitrogen and oxygen atoms in total. The van der Waals surface area contributed by atoms with Crippen LogP contribution in [0.25, 0.3) is 6.08 Å². The van der Waals surface area contributed by atoms with E-state index in [9.17, 15) is 4.79 Å². The SMILES string of the molecule is COc1cc(C=CC(=O)N(C)C2CCN(C)CC2)cc(OC)c1. The van der Waals surface area contributed by atoms with E-state index in [1.165, 1.54) is 0 Å². The van der Waals surface area contributed by atoms with Crippen LogP contribution >= 0.6 is 0 Å². The van der Waals surface area contributed by atoms with E-state index in [1.807, 2.05) is 30.1 Å². The molecule has 0 radical (unpaired) electrons. The molecule has 1 saturated heterocycles. The van der Waals surface area contributed by atoms with Crippen molar-refractivity contribution in [2.75, 3.05) is 41.4 Å². The molecule has 1 aromatic rings. The first-order valence-electron chi connectivity index (χ1n) is 7.90. The monoisotopic (exact) mass is 318 g/mol. The van der Waals surface area contributed by atoms with Crippen LogP contribution in [0, 0.1) is 0 Å². The van der Waals surface area contributed by atoms with Gasteiger partial charge in [0.05, 0.1) is 14.2 Å². The maximum Gasteiger partial charge on any atom is 0.246 e. The first kappa shape index (κ1) is 17.3. The highest BCUT2D eigenvalue weighted by molar-refractivity contribution is 5.92. The van der Waals surface area contributed by atoms with Crippen molar-refractivity contribution in [2.24, 2.45) is 0 Å². The Kier molecular flexibility index (Phi) is 6.04. The molecule has 0 unspecified atom stereocenters. The van der Waals surface area contributed by atoms with Crippen LogP contribution in [0.4, 0.5) is 0 Å². The topological polar surface area (TPSA) is 42.0 Å². The molecule has 2 rings (SSSR count). The van der Waals surface area contributed by atoms with Crippen LogP contribution in [0.15, 0.2) is 24.3 Å². The normalized spacial score (nSPS) is 16.5. The largest absolute Gasteiger partial charge is 0.497 e. The average molecular weight is 318 g/mol. The van der Waals surface area contributed by atoms with Gasteiger partial charge in [0, 0.05) is 25.2 Å². The summed E-state index contributed by atoms with van der Waals surface area (Å²) in [6.45, 7) is 2.08. The van der Waals surface area contributed by atoms with Gasteiger partial charge in [-0.05, 0) is 56.8 Å². The Hall–Kier alpha value is -2.01. The first-order chi connectivity index (χ1) is 11.0. The third kappa shape index (κ3) is 4.73. The van der Waals surface area contributed by atoms with Gasteiger partial charge >= 0.3 is 0 Å². The second-order valence-corrected chi connectivity index (χ2v) is 5.96. The molecule has 0 aliphatic carbocycles. The third-order valence-corrected chi connectivity index (χ3v) is 4.38. The fourth-order valence-corrected chi connectivity index (χ4v) is 2.77. The van der Waals surface area contributed by atoms with Gasteiger partial charge in [0.2, 0.25) is 5.91 Å². The second kappa shape index (κ2) is 8.02. The molecule has 1 heterocycles. The van der Waals surface area contributed by atoms with E-state index in [-0.39, 0.29) is 5.91 Å². The summed E-state index contributed by atoms with van der Waals surface area (Å²) in [6.07, 6.45) is 5.48. The zero-order valence-corrected chi connectivity index (χ0v) is 14.4. The Bertz CT molecular complexity index is 541. The highest BCUT2D eigenvalue weighted by Crippen LogP contribution is 2.23. The highest BCUT2D eigenvalue weighted by Gasteiger charge is 2.22. The summed E-state index contributed by atoms with van der Waals surface area (Å²) in [5.41, 5.74) is 0.881. The van der Waals surface area contributed by atoms with Crippen molar-refractivity contribution < 1.29 is 14.3 Å². The molecule has 0 atom stereocenters. The van der Waals surface area contributed by atoms with E-state index < -0.39 is 0 Å². The Morgan fingerprint density at radius 2 is 1.74 bits per heavy atom. The predicted octanol–water partition coefficient (Wildman–Crippen LogP) is 2.27. The fraction of sp³-hybridized carbons (Fsp3) is 0.500. The number of ether oxygens (including phenoxy) is 2. The van der Waals surface area contributed by atoms with Crippen LogP contribution in [0.3, 0.4) is 0 Å². The molecular weight excluding hydrogens is 292 g/mol.